The molecule has 126 valence electrons. The van der Waals surface area contributed by atoms with Gasteiger partial charge in [-0.15, -0.1) is 0 Å². The van der Waals surface area contributed by atoms with Gasteiger partial charge in [-0.25, -0.2) is 4.79 Å². The molecule has 5 nitrogen and oxygen atoms in total. The van der Waals surface area contributed by atoms with Crippen LogP contribution in [0, 0.1) is 5.41 Å². The van der Waals surface area contributed by atoms with Crippen LogP contribution < -0.4 is 10.6 Å². The number of aliphatic hydroxyl groups is 1. The largest absolute Gasteiger partial charge is 0.396 e. The number of amides is 2. The van der Waals surface area contributed by atoms with E-state index in [1.807, 2.05) is 18.2 Å². The average Bonchev–Trinajstić information content (AvgIpc) is 3.40. The molecule has 2 aliphatic rings. The van der Waals surface area contributed by atoms with Gasteiger partial charge in [-0.1, -0.05) is 30.3 Å². The van der Waals surface area contributed by atoms with Crippen LogP contribution in [0.2, 0.25) is 0 Å². The van der Waals surface area contributed by atoms with Crippen LogP contribution in [0.4, 0.5) is 4.79 Å². The maximum Gasteiger partial charge on any atom is 0.314 e. The molecule has 1 aliphatic heterocycles. The third kappa shape index (κ3) is 3.85. The van der Waals surface area contributed by atoms with Gasteiger partial charge in [-0.2, -0.15) is 0 Å². The van der Waals surface area contributed by atoms with E-state index in [1.165, 1.54) is 5.56 Å². The molecule has 1 saturated carbocycles. The Morgan fingerprint density at radius 2 is 1.70 bits per heavy atom. The summed E-state index contributed by atoms with van der Waals surface area (Å²) < 4.78 is 5.51. The first-order valence-corrected chi connectivity index (χ1v) is 8.44. The fourth-order valence-corrected chi connectivity index (χ4v) is 3.27. The summed E-state index contributed by atoms with van der Waals surface area (Å²) in [6.45, 7) is 2.77. The molecule has 0 unspecified atom stereocenters. The second kappa shape index (κ2) is 6.89. The zero-order chi connectivity index (χ0) is 16.2. The van der Waals surface area contributed by atoms with Crippen molar-refractivity contribution in [1.29, 1.82) is 0 Å². The summed E-state index contributed by atoms with van der Waals surface area (Å²) in [5, 5.41) is 15.2. The van der Waals surface area contributed by atoms with E-state index in [4.69, 9.17) is 4.74 Å². The minimum absolute atomic E-state index is 0.0505. The lowest BCUT2D eigenvalue weighted by atomic mass is 9.74. The Balaban J connectivity index is 1.57. The van der Waals surface area contributed by atoms with E-state index in [9.17, 15) is 9.90 Å². The van der Waals surface area contributed by atoms with Gasteiger partial charge in [-0.05, 0) is 31.2 Å². The Morgan fingerprint density at radius 3 is 2.30 bits per heavy atom. The van der Waals surface area contributed by atoms with Gasteiger partial charge in [0.05, 0.1) is 6.61 Å². The highest BCUT2D eigenvalue weighted by Crippen LogP contribution is 2.44. The van der Waals surface area contributed by atoms with Crippen molar-refractivity contribution in [3.63, 3.8) is 0 Å². The summed E-state index contributed by atoms with van der Waals surface area (Å²) in [7, 11) is 0. The van der Waals surface area contributed by atoms with Crippen molar-refractivity contribution in [3.05, 3.63) is 35.9 Å². The molecule has 2 amide bonds. The summed E-state index contributed by atoms with van der Waals surface area (Å²) in [6.07, 6.45) is 3.82. The number of hydrogen-bond acceptors (Lipinski definition) is 3. The van der Waals surface area contributed by atoms with E-state index in [-0.39, 0.29) is 23.5 Å². The molecule has 0 spiro atoms. The molecule has 5 heteroatoms. The maximum absolute atomic E-state index is 12.1. The molecule has 0 aromatic heterocycles. The number of carbonyl (C=O) groups is 1. The van der Waals surface area contributed by atoms with Crippen LogP contribution in [-0.4, -0.2) is 44.0 Å². The van der Waals surface area contributed by atoms with Gasteiger partial charge in [0.25, 0.3) is 0 Å². The highest BCUT2D eigenvalue weighted by Gasteiger charge is 2.42. The van der Waals surface area contributed by atoms with Crippen molar-refractivity contribution in [1.82, 2.24) is 10.6 Å². The Bertz CT molecular complexity index is 522. The van der Waals surface area contributed by atoms with Gasteiger partial charge < -0.3 is 20.5 Å². The van der Waals surface area contributed by atoms with E-state index in [1.54, 1.807) is 0 Å². The van der Waals surface area contributed by atoms with Gasteiger partial charge in [-0.3, -0.25) is 0 Å². The monoisotopic (exact) mass is 318 g/mol. The smallest absolute Gasteiger partial charge is 0.314 e. The summed E-state index contributed by atoms with van der Waals surface area (Å²) in [6, 6.07) is 10.2. The van der Waals surface area contributed by atoms with Crippen LogP contribution in [0.5, 0.6) is 0 Å². The van der Waals surface area contributed by atoms with Gasteiger partial charge in [0.15, 0.2) is 0 Å². The lowest BCUT2D eigenvalue weighted by molar-refractivity contribution is 0.0506. The topological polar surface area (TPSA) is 70.6 Å². The van der Waals surface area contributed by atoms with Gasteiger partial charge in [0.2, 0.25) is 0 Å². The summed E-state index contributed by atoms with van der Waals surface area (Å²) in [4.78, 5) is 12.1. The molecule has 1 aromatic rings. The Labute approximate surface area is 137 Å². The van der Waals surface area contributed by atoms with Crippen molar-refractivity contribution < 1.29 is 14.6 Å². The fraction of sp³-hybridized carbons (Fsp3) is 0.611. The lowest BCUT2D eigenvalue weighted by Gasteiger charge is -2.38. The summed E-state index contributed by atoms with van der Waals surface area (Å²) in [5.41, 5.74) is 1.15. The molecule has 1 heterocycles. The average molecular weight is 318 g/mol. The Hall–Kier alpha value is -1.59. The van der Waals surface area contributed by atoms with E-state index in [0.29, 0.717) is 13.1 Å². The number of carbonyl (C=O) groups excluding carboxylic acids is 1. The van der Waals surface area contributed by atoms with E-state index in [0.717, 1.165) is 38.9 Å². The number of urea groups is 1. The van der Waals surface area contributed by atoms with Crippen molar-refractivity contribution in [2.75, 3.05) is 32.9 Å². The van der Waals surface area contributed by atoms with Crippen LogP contribution in [0.25, 0.3) is 0 Å². The molecule has 0 atom stereocenters. The molecule has 3 N–H and O–H groups in total. The first kappa shape index (κ1) is 16.3. The predicted molar refractivity (Wildman–Crippen MR) is 88.3 cm³/mol. The predicted octanol–water partition coefficient (Wildman–Crippen LogP) is 1.81. The SMILES string of the molecule is O=C(NCC1(CO)CC1)NCC1(c2ccccc2)CCOCC1. The first-order valence-electron chi connectivity index (χ1n) is 8.44. The van der Waals surface area contributed by atoms with Crippen LogP contribution in [0.3, 0.4) is 0 Å². The molecule has 0 bridgehead atoms. The summed E-state index contributed by atoms with van der Waals surface area (Å²) >= 11 is 0. The van der Waals surface area contributed by atoms with Crippen LogP contribution in [-0.2, 0) is 10.2 Å². The van der Waals surface area contributed by atoms with E-state index in [2.05, 4.69) is 22.8 Å². The number of aliphatic hydroxyl groups excluding tert-OH is 1. The molecule has 2 fully saturated rings. The van der Waals surface area contributed by atoms with Crippen LogP contribution >= 0.6 is 0 Å². The minimum atomic E-state index is -0.147. The number of nitrogens with one attached hydrogen (secondary N) is 2. The number of hydrogen-bond donors (Lipinski definition) is 3. The van der Waals surface area contributed by atoms with Gasteiger partial charge >= 0.3 is 6.03 Å². The minimum Gasteiger partial charge on any atom is -0.396 e. The van der Waals surface area contributed by atoms with Crippen molar-refractivity contribution in [3.8, 4) is 0 Å². The Morgan fingerprint density at radius 1 is 1.04 bits per heavy atom. The number of ether oxygens (including phenoxy) is 1. The van der Waals surface area contributed by atoms with Crippen molar-refractivity contribution in [2.45, 2.75) is 31.1 Å². The second-order valence-corrected chi connectivity index (χ2v) is 6.95. The first-order chi connectivity index (χ1) is 11.2. The van der Waals surface area contributed by atoms with E-state index < -0.39 is 0 Å². The quantitative estimate of drug-likeness (QED) is 0.749. The van der Waals surface area contributed by atoms with Crippen LogP contribution in [0.15, 0.2) is 30.3 Å². The Kier molecular flexibility index (Phi) is 4.87. The molecule has 23 heavy (non-hydrogen) atoms. The zero-order valence-electron chi connectivity index (χ0n) is 13.5. The van der Waals surface area contributed by atoms with Crippen LogP contribution in [0.1, 0.15) is 31.2 Å². The van der Waals surface area contributed by atoms with Crippen molar-refractivity contribution in [2.24, 2.45) is 5.41 Å². The highest BCUT2D eigenvalue weighted by molar-refractivity contribution is 5.74. The summed E-state index contributed by atoms with van der Waals surface area (Å²) in [5.74, 6) is 0. The second-order valence-electron chi connectivity index (χ2n) is 6.95. The van der Waals surface area contributed by atoms with Crippen molar-refractivity contribution >= 4 is 6.03 Å². The van der Waals surface area contributed by atoms with Gasteiger partial charge in [0, 0.05) is 37.1 Å². The number of rotatable bonds is 6. The maximum atomic E-state index is 12.1. The molecule has 3 rings (SSSR count). The third-order valence-corrected chi connectivity index (χ3v) is 5.34. The van der Waals surface area contributed by atoms with Gasteiger partial charge in [0.1, 0.15) is 0 Å². The zero-order valence-corrected chi connectivity index (χ0v) is 13.5. The standard InChI is InChI=1S/C18H26N2O3/c21-14-17(6-7-17)12-19-16(22)20-13-18(8-10-23-11-9-18)15-4-2-1-3-5-15/h1-5,21H,6-14H2,(H2,19,20,22). The lowest BCUT2D eigenvalue weighted by Crippen LogP contribution is -2.48. The highest BCUT2D eigenvalue weighted by atomic mass is 16.5. The number of benzene rings is 1. The molecular weight excluding hydrogens is 292 g/mol. The van der Waals surface area contributed by atoms with E-state index >= 15 is 0 Å². The fourth-order valence-electron chi connectivity index (χ4n) is 3.27. The molecule has 1 saturated heterocycles. The molecule has 1 aliphatic carbocycles. The molecular formula is C18H26N2O3. The molecule has 0 radical (unpaired) electrons. The third-order valence-electron chi connectivity index (χ3n) is 5.34. The molecule has 1 aromatic carbocycles. The normalized spacial score (nSPS) is 21.4.